The molecule has 3 atom stereocenters. The van der Waals surface area contributed by atoms with Crippen LogP contribution in [-0.4, -0.2) is 23.5 Å². The molecule has 0 bridgehead atoms. The van der Waals surface area contributed by atoms with E-state index < -0.39 is 0 Å². The fraction of sp³-hybridized carbons (Fsp3) is 0.444. The van der Waals surface area contributed by atoms with E-state index in [1.54, 1.807) is 0 Å². The van der Waals surface area contributed by atoms with E-state index in [1.807, 2.05) is 0 Å². The van der Waals surface area contributed by atoms with E-state index in [2.05, 4.69) is 59.5 Å². The van der Waals surface area contributed by atoms with Crippen molar-refractivity contribution in [1.82, 2.24) is 4.90 Å². The van der Waals surface area contributed by atoms with Gasteiger partial charge in [-0.15, -0.1) is 0 Å². The Bertz CT molecular complexity index is 512. The third-order valence-corrected chi connectivity index (χ3v) is 5.44. The highest BCUT2D eigenvalue weighted by Gasteiger charge is 2.53. The van der Waals surface area contributed by atoms with Gasteiger partial charge < -0.3 is 0 Å². The molecule has 1 fully saturated rings. The first-order chi connectivity index (χ1) is 9.40. The fourth-order valence-electron chi connectivity index (χ4n) is 4.50. The molecule has 98 valence electrons. The van der Waals surface area contributed by atoms with Crippen LogP contribution in [-0.2, 0) is 0 Å². The molecule has 3 unspecified atom stereocenters. The smallest absolute Gasteiger partial charge is 0.0319 e. The molecule has 2 heterocycles. The Hall–Kier alpha value is -1.34. The molecule has 1 nitrogen and oxygen atoms in total. The van der Waals surface area contributed by atoms with Gasteiger partial charge in [0, 0.05) is 24.5 Å². The van der Waals surface area contributed by atoms with Crippen LogP contribution in [0.3, 0.4) is 0 Å². The maximum Gasteiger partial charge on any atom is 0.0319 e. The maximum atomic E-state index is 2.75. The van der Waals surface area contributed by atoms with Gasteiger partial charge in [0.05, 0.1) is 0 Å². The van der Waals surface area contributed by atoms with Crippen molar-refractivity contribution in [2.45, 2.75) is 30.7 Å². The van der Waals surface area contributed by atoms with Crippen molar-refractivity contribution in [3.05, 3.63) is 60.2 Å². The molecule has 3 aliphatic rings. The van der Waals surface area contributed by atoms with Crippen LogP contribution in [0, 0.1) is 5.92 Å². The molecule has 1 aromatic rings. The summed E-state index contributed by atoms with van der Waals surface area (Å²) >= 11 is 0. The molecule has 1 aromatic carbocycles. The topological polar surface area (TPSA) is 3.24 Å². The summed E-state index contributed by atoms with van der Waals surface area (Å²) in [7, 11) is 0. The molecule has 0 saturated carbocycles. The Balaban J connectivity index is 1.75. The minimum Gasteiger partial charge on any atom is -0.292 e. The van der Waals surface area contributed by atoms with Crippen molar-refractivity contribution < 1.29 is 0 Å². The van der Waals surface area contributed by atoms with Gasteiger partial charge in [-0.2, -0.15) is 0 Å². The lowest BCUT2D eigenvalue weighted by atomic mass is 9.69. The zero-order valence-electron chi connectivity index (χ0n) is 11.3. The molecule has 19 heavy (non-hydrogen) atoms. The predicted molar refractivity (Wildman–Crippen MR) is 79.1 cm³/mol. The van der Waals surface area contributed by atoms with Gasteiger partial charge >= 0.3 is 0 Å². The van der Waals surface area contributed by atoms with Crippen LogP contribution in [0.25, 0.3) is 0 Å². The Morgan fingerprint density at radius 2 is 1.74 bits per heavy atom. The van der Waals surface area contributed by atoms with Crippen LogP contribution < -0.4 is 0 Å². The monoisotopic (exact) mass is 251 g/mol. The summed E-state index contributed by atoms with van der Waals surface area (Å²) in [6, 6.07) is 11.2. The van der Waals surface area contributed by atoms with Crippen LogP contribution in [0.5, 0.6) is 0 Å². The standard InChI is InChI=1S/C18H21N/c1-2-8-15(9-3-1)16-14-19-13-7-6-12-18(19)11-5-4-10-17(16)18/h1-9,16-17H,10-14H2. The summed E-state index contributed by atoms with van der Waals surface area (Å²) in [5.41, 5.74) is 1.96. The van der Waals surface area contributed by atoms with Gasteiger partial charge in [0.1, 0.15) is 0 Å². The molecule has 4 rings (SSSR count). The van der Waals surface area contributed by atoms with Gasteiger partial charge in [-0.25, -0.2) is 0 Å². The second-order valence-corrected chi connectivity index (χ2v) is 6.22. The van der Waals surface area contributed by atoms with Crippen molar-refractivity contribution in [3.8, 4) is 0 Å². The summed E-state index contributed by atoms with van der Waals surface area (Å²) in [5.74, 6) is 1.51. The molecule has 1 spiro atoms. The Morgan fingerprint density at radius 3 is 2.58 bits per heavy atom. The number of benzene rings is 1. The Morgan fingerprint density at radius 1 is 0.947 bits per heavy atom. The average molecular weight is 251 g/mol. The van der Waals surface area contributed by atoms with E-state index in [1.165, 1.54) is 31.4 Å². The minimum absolute atomic E-state index is 0.421. The van der Waals surface area contributed by atoms with Crippen LogP contribution in [0.4, 0.5) is 0 Å². The van der Waals surface area contributed by atoms with E-state index in [0.29, 0.717) is 11.5 Å². The van der Waals surface area contributed by atoms with E-state index >= 15 is 0 Å². The first-order valence-corrected chi connectivity index (χ1v) is 7.50. The summed E-state index contributed by atoms with van der Waals surface area (Å²) < 4.78 is 0. The minimum atomic E-state index is 0.421. The van der Waals surface area contributed by atoms with E-state index in [4.69, 9.17) is 0 Å². The molecule has 1 heteroatoms. The molecule has 0 N–H and O–H groups in total. The van der Waals surface area contributed by atoms with Gasteiger partial charge in [0.25, 0.3) is 0 Å². The highest BCUT2D eigenvalue weighted by molar-refractivity contribution is 5.29. The summed E-state index contributed by atoms with van der Waals surface area (Å²) in [6.45, 7) is 2.38. The van der Waals surface area contributed by atoms with Crippen molar-refractivity contribution in [3.63, 3.8) is 0 Å². The quantitative estimate of drug-likeness (QED) is 0.687. The summed E-state index contributed by atoms with van der Waals surface area (Å²) in [5, 5.41) is 0. The average Bonchev–Trinajstić information content (AvgIpc) is 2.83. The zero-order valence-corrected chi connectivity index (χ0v) is 11.3. The molecule has 1 saturated heterocycles. The Labute approximate surface area is 115 Å². The second-order valence-electron chi connectivity index (χ2n) is 6.22. The number of allylic oxidation sites excluding steroid dienone is 1. The summed E-state index contributed by atoms with van der Waals surface area (Å²) in [4.78, 5) is 2.75. The molecule has 2 aliphatic heterocycles. The number of nitrogens with zero attached hydrogens (tertiary/aromatic N) is 1. The first-order valence-electron chi connectivity index (χ1n) is 7.50. The largest absolute Gasteiger partial charge is 0.292 e. The lowest BCUT2D eigenvalue weighted by molar-refractivity contribution is 0.103. The van der Waals surface area contributed by atoms with E-state index in [9.17, 15) is 0 Å². The molecule has 0 aromatic heterocycles. The van der Waals surface area contributed by atoms with E-state index in [0.717, 1.165) is 12.5 Å². The zero-order chi connectivity index (χ0) is 12.7. The van der Waals surface area contributed by atoms with Gasteiger partial charge in [-0.3, -0.25) is 4.90 Å². The van der Waals surface area contributed by atoms with Crippen molar-refractivity contribution in [2.75, 3.05) is 13.1 Å². The van der Waals surface area contributed by atoms with Crippen LogP contribution in [0.2, 0.25) is 0 Å². The molecular formula is C18H21N. The maximum absolute atomic E-state index is 2.75. The highest BCUT2D eigenvalue weighted by atomic mass is 15.2. The molecule has 0 radical (unpaired) electrons. The van der Waals surface area contributed by atoms with Crippen LogP contribution >= 0.6 is 0 Å². The van der Waals surface area contributed by atoms with Crippen molar-refractivity contribution in [1.29, 1.82) is 0 Å². The van der Waals surface area contributed by atoms with Crippen LogP contribution in [0.15, 0.2) is 54.6 Å². The Kier molecular flexibility index (Phi) is 2.63. The van der Waals surface area contributed by atoms with Crippen molar-refractivity contribution >= 4 is 0 Å². The first kappa shape index (κ1) is 11.5. The second kappa shape index (κ2) is 4.35. The fourth-order valence-corrected chi connectivity index (χ4v) is 4.50. The predicted octanol–water partition coefficient (Wildman–Crippen LogP) is 3.75. The number of rotatable bonds is 1. The SMILES string of the molecule is C1=CCC23CC=CCN2CC(c2ccccc2)C3C1. The number of hydrogen-bond acceptors (Lipinski definition) is 1. The van der Waals surface area contributed by atoms with Gasteiger partial charge in [0.15, 0.2) is 0 Å². The van der Waals surface area contributed by atoms with Gasteiger partial charge in [-0.1, -0.05) is 54.6 Å². The third-order valence-electron chi connectivity index (χ3n) is 5.44. The van der Waals surface area contributed by atoms with Gasteiger partial charge in [0.2, 0.25) is 0 Å². The highest BCUT2D eigenvalue weighted by Crippen LogP contribution is 2.52. The van der Waals surface area contributed by atoms with Crippen molar-refractivity contribution in [2.24, 2.45) is 5.92 Å². The third kappa shape index (κ3) is 1.64. The molecule has 0 amide bonds. The number of hydrogen-bond donors (Lipinski definition) is 0. The van der Waals surface area contributed by atoms with Gasteiger partial charge in [-0.05, 0) is 30.7 Å². The van der Waals surface area contributed by atoms with E-state index in [-0.39, 0.29) is 0 Å². The normalized spacial score (nSPS) is 37.1. The van der Waals surface area contributed by atoms with Crippen LogP contribution in [0.1, 0.15) is 30.7 Å². The molecule has 1 aliphatic carbocycles. The molecular weight excluding hydrogens is 230 g/mol. The lowest BCUT2D eigenvalue weighted by Gasteiger charge is -2.45. The summed E-state index contributed by atoms with van der Waals surface area (Å²) in [6.07, 6.45) is 13.3. The lowest BCUT2D eigenvalue weighted by Crippen LogP contribution is -2.50.